The minimum atomic E-state index is -6.46. The van der Waals surface area contributed by atoms with Crippen LogP contribution in [0.4, 0.5) is 11.8 Å². The van der Waals surface area contributed by atoms with Crippen LogP contribution in [0.15, 0.2) is 45.6 Å². The third kappa shape index (κ3) is 12.5. The Hall–Kier alpha value is -4.43. The number of nitrogens with zero attached hydrogens (tertiary/aromatic N) is 8. The summed E-state index contributed by atoms with van der Waals surface area (Å²) < 4.78 is 125. The zero-order chi connectivity index (χ0) is 56.3. The van der Waals surface area contributed by atoms with Crippen LogP contribution in [0.1, 0.15) is 18.7 Å². The molecule has 5 aromatic heterocycles. The lowest BCUT2D eigenvalue weighted by Crippen LogP contribution is -2.45. The number of nitrogen functional groups attached to an aromatic ring is 2. The fourth-order valence-electron chi connectivity index (χ4n) is 8.60. The molecule has 426 valence electrons. The number of aliphatic hydroxyl groups excluding tert-OH is 3. The van der Waals surface area contributed by atoms with E-state index in [9.17, 15) is 77.0 Å². The monoisotopic (exact) mass is 1200 g/mol. The summed E-state index contributed by atoms with van der Waals surface area (Å²) in [6.45, 7) is -3.85. The standard InChI is InChI=1S/C33H47N12O27P5/c1-42-12-45(27-19(42)28(50)41-32(35)40-27)29-20(47)13(6-62-2)14(67-29)7-65-74(54,55)70-76(58,59)72-77(60,61)71-75(56,57)66-9-16-24(23(63-3)31(69-16)44-11-38-18-25(34)36-10-37-26(18)44)73(52,53)64-8-15-21(48)22(49)30(68-15)43-5-4-17(46)39-33(43)51/h4-5,10-16,20-24,29-31,47-49H,6-9H2,1-3H3,(H10-,34,35,36,37,39,40,41,46,50,51,52,53,54,55,56,57,58,59,60,61)/t13-,14-,15-,16?,20-,21-,22-,23-,24-,29-,30-,31-/m1/s1. The van der Waals surface area contributed by atoms with Gasteiger partial charge in [0.15, 0.2) is 30.2 Å². The average Bonchev–Trinajstić information content (AvgIpc) is 4.13. The molecule has 0 aromatic carbocycles. The number of aromatic nitrogens is 10. The molecule has 6 unspecified atom stereocenters. The molecule has 17 atom stereocenters. The topological polar surface area (TPSA) is 557 Å². The molecule has 0 aliphatic carbocycles. The maximum Gasteiger partial charge on any atom is 0.490 e. The molecule has 13 N–H and O–H groups in total. The third-order valence-corrected chi connectivity index (χ3v) is 19.6. The highest BCUT2D eigenvalue weighted by Crippen LogP contribution is 2.71. The number of aryl methyl sites for hydroxylation is 1. The Morgan fingerprint density at radius 3 is 2.03 bits per heavy atom. The fraction of sp³-hybridized carbons (Fsp3) is 0.576. The van der Waals surface area contributed by atoms with Crippen molar-refractivity contribution in [2.75, 3.05) is 52.1 Å². The van der Waals surface area contributed by atoms with E-state index < -0.39 is 149 Å². The number of hydrogen-bond donors (Lipinski definition) is 11. The number of imidazole rings is 2. The number of hydrogen-bond acceptors (Lipinski definition) is 29. The normalized spacial score (nSPS) is 30.7. The van der Waals surface area contributed by atoms with Gasteiger partial charge in [-0.15, -0.1) is 0 Å². The second-order valence-electron chi connectivity index (χ2n) is 16.9. The fourth-order valence-corrected chi connectivity index (χ4v) is 15.3. The maximum absolute atomic E-state index is 14.2. The number of methoxy groups -OCH3 is 2. The van der Waals surface area contributed by atoms with E-state index in [2.05, 4.69) is 37.9 Å². The number of anilines is 2. The lowest BCUT2D eigenvalue weighted by Gasteiger charge is -2.35. The molecular weight excluding hydrogens is 1150 g/mol. The first-order valence-corrected chi connectivity index (χ1v) is 29.3. The summed E-state index contributed by atoms with van der Waals surface area (Å²) in [5.74, 6) is -1.52. The van der Waals surface area contributed by atoms with Crippen LogP contribution in [0.3, 0.4) is 0 Å². The van der Waals surface area contributed by atoms with Gasteiger partial charge in [-0.2, -0.15) is 12.9 Å². The molecule has 0 amide bonds. The molecule has 3 aliphatic heterocycles. The third-order valence-electron chi connectivity index (χ3n) is 11.9. The van der Waals surface area contributed by atoms with Crippen molar-refractivity contribution in [2.45, 2.75) is 67.1 Å². The van der Waals surface area contributed by atoms with E-state index in [4.69, 9.17) is 48.7 Å². The summed E-state index contributed by atoms with van der Waals surface area (Å²) in [5.41, 5.74) is 6.80. The average molecular weight is 1200 g/mol. The van der Waals surface area contributed by atoms with Gasteiger partial charge in [-0.25, -0.2) is 42.6 Å². The molecule has 44 heteroatoms. The van der Waals surface area contributed by atoms with Gasteiger partial charge in [0.25, 0.3) is 17.1 Å². The molecule has 3 saturated heterocycles. The Morgan fingerprint density at radius 1 is 0.766 bits per heavy atom. The van der Waals surface area contributed by atoms with Crippen molar-refractivity contribution in [3.63, 3.8) is 0 Å². The van der Waals surface area contributed by atoms with Gasteiger partial charge in [-0.3, -0.25) is 42.3 Å². The molecule has 3 fully saturated rings. The van der Waals surface area contributed by atoms with E-state index >= 15 is 0 Å². The highest BCUT2D eigenvalue weighted by Gasteiger charge is 2.55. The summed E-state index contributed by atoms with van der Waals surface area (Å²) in [5, 5.41) is 32.6. The van der Waals surface area contributed by atoms with Crippen molar-refractivity contribution in [3.8, 4) is 0 Å². The van der Waals surface area contributed by atoms with Crippen LogP contribution in [-0.2, 0) is 80.1 Å². The van der Waals surface area contributed by atoms with Crippen LogP contribution in [0.25, 0.3) is 22.3 Å². The summed E-state index contributed by atoms with van der Waals surface area (Å²) in [4.78, 5) is 113. The van der Waals surface area contributed by atoms with E-state index in [1.54, 1.807) is 0 Å². The minimum absolute atomic E-state index is 0.00422. The van der Waals surface area contributed by atoms with Gasteiger partial charge in [0.1, 0.15) is 50.0 Å². The molecule has 0 radical (unpaired) electrons. The number of aromatic amines is 2. The number of nitrogens with two attached hydrogens (primary N) is 2. The van der Waals surface area contributed by atoms with Crippen molar-refractivity contribution in [3.05, 3.63) is 62.4 Å². The van der Waals surface area contributed by atoms with Crippen LogP contribution >= 0.6 is 38.9 Å². The number of phosphoric acid groups is 4. The highest BCUT2D eigenvalue weighted by molar-refractivity contribution is 7.69. The number of fused-ring (bicyclic) bond motifs is 2. The number of rotatable bonds is 22. The Labute approximate surface area is 427 Å². The van der Waals surface area contributed by atoms with Crippen molar-refractivity contribution in [1.82, 2.24) is 43.6 Å². The second-order valence-corrected chi connectivity index (χ2v) is 25.0. The summed E-state index contributed by atoms with van der Waals surface area (Å²) in [7, 11) is -26.8. The first-order chi connectivity index (χ1) is 36.0. The highest BCUT2D eigenvalue weighted by atomic mass is 31.3. The van der Waals surface area contributed by atoms with Crippen molar-refractivity contribution >= 4 is 73.0 Å². The van der Waals surface area contributed by atoms with Gasteiger partial charge in [-0.1, -0.05) is 4.98 Å². The number of H-pyrrole nitrogens is 2. The Morgan fingerprint density at radius 2 is 1.39 bits per heavy atom. The van der Waals surface area contributed by atoms with Gasteiger partial charge in [0, 0.05) is 32.4 Å². The Bertz CT molecular complexity index is 3450. The summed E-state index contributed by atoms with van der Waals surface area (Å²) >= 11 is 0. The van der Waals surface area contributed by atoms with Crippen molar-refractivity contribution < 1.29 is 117 Å². The predicted molar refractivity (Wildman–Crippen MR) is 245 cm³/mol. The molecule has 3 aliphatic rings. The zero-order valence-electron chi connectivity index (χ0n) is 39.4. The number of phosphoric ester groups is 2. The van der Waals surface area contributed by atoms with E-state index in [1.807, 2.05) is 4.98 Å². The minimum Gasteiger partial charge on any atom is -0.778 e. The molecule has 39 nitrogen and oxygen atoms in total. The smallest absolute Gasteiger partial charge is 0.490 e. The number of ether oxygens (including phenoxy) is 5. The zero-order valence-corrected chi connectivity index (χ0v) is 43.9. The summed E-state index contributed by atoms with van der Waals surface area (Å²) in [6, 6.07) is 0.898. The molecule has 0 saturated carbocycles. The van der Waals surface area contributed by atoms with E-state index in [-0.39, 0.29) is 40.7 Å². The Kier molecular flexibility index (Phi) is 17.0. The van der Waals surface area contributed by atoms with Crippen molar-refractivity contribution in [1.29, 1.82) is 0 Å². The maximum atomic E-state index is 14.2. The SMILES string of the molecule is COC[C@H]1[C@@H](O)[C@H]([n+]2cn(C)c3c(=O)[nH]c(N)nc32)O[C@@H]1COP(=O)(O)OP(=O)(O)OP(=O)(O)OP(=O)(O)OCC1O[C@@H](n2cnc3c(N)ncnc32)[C@H](OC)[C@@H]1P(=O)([O-])OC[C@H]1O[C@@H](n2ccc(=O)[nH]c2=O)[C@H](O)[C@@H]1O. The first kappa shape index (κ1) is 58.7. The van der Waals surface area contributed by atoms with Crippen LogP contribution in [0.5, 0.6) is 0 Å². The van der Waals surface area contributed by atoms with Crippen LogP contribution in [-0.4, -0.2) is 168 Å². The van der Waals surface area contributed by atoms with Gasteiger partial charge in [-0.05, 0) is 0 Å². The quantitative estimate of drug-likeness (QED) is 0.0230. The van der Waals surface area contributed by atoms with Gasteiger partial charge >= 0.3 is 42.6 Å². The van der Waals surface area contributed by atoms with Crippen molar-refractivity contribution in [2.24, 2.45) is 13.0 Å². The molecular formula is C33H47N12O27P5. The second kappa shape index (κ2) is 22.2. The Balaban J connectivity index is 0.936. The van der Waals surface area contributed by atoms with Crippen LogP contribution in [0.2, 0.25) is 0 Å². The largest absolute Gasteiger partial charge is 0.778 e. The summed E-state index contributed by atoms with van der Waals surface area (Å²) in [6.07, 6.45) is -12.5. The molecule has 77 heavy (non-hydrogen) atoms. The molecule has 0 bridgehead atoms. The van der Waals surface area contributed by atoms with E-state index in [0.29, 0.717) is 4.57 Å². The number of aliphatic hydroxyl groups is 3. The lowest BCUT2D eigenvalue weighted by atomic mass is 9.99. The van der Waals surface area contributed by atoms with E-state index in [0.717, 1.165) is 36.6 Å². The first-order valence-electron chi connectivity index (χ1n) is 21.7. The van der Waals surface area contributed by atoms with E-state index in [1.165, 1.54) is 29.6 Å². The van der Waals surface area contributed by atoms with Crippen LogP contribution in [0, 0.1) is 5.92 Å². The molecule has 8 heterocycles. The lowest BCUT2D eigenvalue weighted by molar-refractivity contribution is -0.745. The number of nitrogens with one attached hydrogen (secondary N) is 2. The van der Waals surface area contributed by atoms with Gasteiger partial charge in [0.2, 0.25) is 11.7 Å². The molecule has 8 rings (SSSR count). The van der Waals surface area contributed by atoms with Crippen LogP contribution < -0.4 is 37.7 Å². The molecule has 5 aromatic rings. The van der Waals surface area contributed by atoms with Gasteiger partial charge < -0.3 is 84.0 Å². The van der Waals surface area contributed by atoms with Gasteiger partial charge in [0.05, 0.1) is 57.7 Å². The predicted octanol–water partition coefficient (Wildman–Crippen LogP) is -4.42. The molecule has 0 spiro atoms.